The average molecular weight is 310 g/mol. The molecule has 0 aliphatic heterocycles. The highest BCUT2D eigenvalue weighted by atomic mass is 19.1. The topological polar surface area (TPSA) is 92.5 Å². The Hall–Kier alpha value is -3.29. The molecule has 0 saturated carbocycles. The molecule has 2 N–H and O–H groups in total. The van der Waals surface area contributed by atoms with E-state index in [0.29, 0.717) is 17.4 Å². The zero-order valence-corrected chi connectivity index (χ0v) is 12.0. The molecule has 114 valence electrons. The molecule has 7 nitrogen and oxygen atoms in total. The molecule has 4 aromatic rings. The molecule has 0 spiro atoms. The zero-order valence-electron chi connectivity index (χ0n) is 12.0. The Morgan fingerprint density at radius 2 is 1.96 bits per heavy atom. The number of aromatic nitrogens is 5. The van der Waals surface area contributed by atoms with Crippen molar-refractivity contribution in [1.82, 2.24) is 25.1 Å². The summed E-state index contributed by atoms with van der Waals surface area (Å²) in [7, 11) is 0. The summed E-state index contributed by atoms with van der Waals surface area (Å²) in [6.07, 6.45) is 1.71. The van der Waals surface area contributed by atoms with Crippen LogP contribution >= 0.6 is 0 Å². The molecular weight excluding hydrogens is 299 g/mol. The van der Waals surface area contributed by atoms with Gasteiger partial charge in [0.1, 0.15) is 11.3 Å². The van der Waals surface area contributed by atoms with Crippen molar-refractivity contribution in [2.75, 3.05) is 5.32 Å². The number of H-pyrrole nitrogens is 1. The van der Waals surface area contributed by atoms with Crippen molar-refractivity contribution in [3.8, 4) is 11.5 Å². The molecular formula is C15H11FN6O. The molecule has 0 unspecified atom stereocenters. The maximum atomic E-state index is 12.9. The number of halogens is 1. The van der Waals surface area contributed by atoms with Gasteiger partial charge in [-0.2, -0.15) is 0 Å². The van der Waals surface area contributed by atoms with E-state index in [1.54, 1.807) is 18.3 Å². The number of nitrogens with one attached hydrogen (secondary N) is 2. The number of anilines is 2. The van der Waals surface area contributed by atoms with Crippen LogP contribution in [0.3, 0.4) is 0 Å². The van der Waals surface area contributed by atoms with E-state index in [4.69, 9.17) is 4.42 Å². The summed E-state index contributed by atoms with van der Waals surface area (Å²) in [5, 5.41) is 10.7. The first-order valence-corrected chi connectivity index (χ1v) is 6.87. The molecule has 0 bridgehead atoms. The van der Waals surface area contributed by atoms with Crippen molar-refractivity contribution in [2.24, 2.45) is 0 Å². The number of rotatable bonds is 3. The first-order chi connectivity index (χ1) is 11.2. The fraction of sp³-hybridized carbons (Fsp3) is 0.0667. The van der Waals surface area contributed by atoms with Gasteiger partial charge >= 0.3 is 6.01 Å². The van der Waals surface area contributed by atoms with Gasteiger partial charge in [0.15, 0.2) is 0 Å². The Morgan fingerprint density at radius 1 is 1.13 bits per heavy atom. The van der Waals surface area contributed by atoms with Crippen LogP contribution in [0.15, 0.2) is 40.9 Å². The number of hydrogen-bond donors (Lipinski definition) is 2. The summed E-state index contributed by atoms with van der Waals surface area (Å²) in [5.74, 6) is 0.449. The minimum Gasteiger partial charge on any atom is -0.403 e. The highest BCUT2D eigenvalue weighted by molar-refractivity contribution is 5.79. The Balaban J connectivity index is 1.61. The van der Waals surface area contributed by atoms with Crippen molar-refractivity contribution in [3.63, 3.8) is 0 Å². The minimum absolute atomic E-state index is 0.189. The first kappa shape index (κ1) is 13.4. The van der Waals surface area contributed by atoms with Crippen molar-refractivity contribution < 1.29 is 8.81 Å². The molecule has 0 aliphatic carbocycles. The molecule has 8 heteroatoms. The number of aromatic amines is 1. The lowest BCUT2D eigenvalue weighted by molar-refractivity contribution is 0.586. The van der Waals surface area contributed by atoms with Gasteiger partial charge in [0.2, 0.25) is 11.8 Å². The third kappa shape index (κ3) is 2.50. The van der Waals surface area contributed by atoms with Gasteiger partial charge in [0, 0.05) is 11.8 Å². The second-order valence-corrected chi connectivity index (χ2v) is 4.92. The van der Waals surface area contributed by atoms with E-state index in [0.717, 1.165) is 16.7 Å². The van der Waals surface area contributed by atoms with Crippen LogP contribution in [0.2, 0.25) is 0 Å². The normalized spacial score (nSPS) is 11.0. The highest BCUT2D eigenvalue weighted by Crippen LogP contribution is 2.23. The third-order valence-corrected chi connectivity index (χ3v) is 3.33. The lowest BCUT2D eigenvalue weighted by Crippen LogP contribution is -1.92. The lowest BCUT2D eigenvalue weighted by atomic mass is 10.2. The van der Waals surface area contributed by atoms with Gasteiger partial charge in [-0.05, 0) is 37.3 Å². The number of pyridine rings is 1. The maximum absolute atomic E-state index is 12.9. The monoisotopic (exact) mass is 310 g/mol. The molecule has 3 aromatic heterocycles. The Labute approximate surface area is 129 Å². The van der Waals surface area contributed by atoms with Gasteiger partial charge in [-0.15, -0.1) is 5.10 Å². The van der Waals surface area contributed by atoms with Crippen LogP contribution < -0.4 is 5.32 Å². The van der Waals surface area contributed by atoms with Crippen LogP contribution in [0.25, 0.3) is 22.5 Å². The fourth-order valence-electron chi connectivity index (χ4n) is 2.21. The molecule has 0 atom stereocenters. The molecule has 0 fully saturated rings. The predicted molar refractivity (Wildman–Crippen MR) is 81.6 cm³/mol. The van der Waals surface area contributed by atoms with Gasteiger partial charge in [0.05, 0.1) is 11.2 Å². The van der Waals surface area contributed by atoms with Gasteiger partial charge in [-0.3, -0.25) is 10.3 Å². The minimum atomic E-state index is -0.321. The number of aryl methyl sites for hydroxylation is 1. The van der Waals surface area contributed by atoms with Gasteiger partial charge in [-0.1, -0.05) is 5.10 Å². The van der Waals surface area contributed by atoms with E-state index in [1.807, 2.05) is 13.0 Å². The first-order valence-electron chi connectivity index (χ1n) is 6.87. The molecule has 3 heterocycles. The van der Waals surface area contributed by atoms with Crippen molar-refractivity contribution in [2.45, 2.75) is 6.92 Å². The largest absolute Gasteiger partial charge is 0.403 e. The second-order valence-electron chi connectivity index (χ2n) is 4.92. The standard InChI is InChI=1S/C15H11FN6O/c1-8-12-11(6-7-17-8)18-14(19-12)20-15-22-21-13(23-15)9-2-4-10(16)5-3-9/h2-7H,1H3,(H2,18,19,20,22). The number of benzene rings is 1. The summed E-state index contributed by atoms with van der Waals surface area (Å²) in [4.78, 5) is 11.7. The van der Waals surface area contributed by atoms with Crippen molar-refractivity contribution in [1.29, 1.82) is 0 Å². The van der Waals surface area contributed by atoms with E-state index in [1.165, 1.54) is 12.1 Å². The van der Waals surface area contributed by atoms with Crippen LogP contribution in [0, 0.1) is 12.7 Å². The summed E-state index contributed by atoms with van der Waals surface area (Å²) >= 11 is 0. The summed E-state index contributed by atoms with van der Waals surface area (Å²) < 4.78 is 18.4. The van der Waals surface area contributed by atoms with Gasteiger partial charge in [0.25, 0.3) is 0 Å². The van der Waals surface area contributed by atoms with Crippen LogP contribution in [0.1, 0.15) is 5.69 Å². The number of hydrogen-bond acceptors (Lipinski definition) is 6. The fourth-order valence-corrected chi connectivity index (χ4v) is 2.21. The molecule has 4 rings (SSSR count). The SMILES string of the molecule is Cc1nccc2[nH]c(Nc3nnc(-c4ccc(F)cc4)o3)nc12. The maximum Gasteiger partial charge on any atom is 0.322 e. The van der Waals surface area contributed by atoms with Crippen LogP contribution in [0.5, 0.6) is 0 Å². The second kappa shape index (κ2) is 5.16. The summed E-state index contributed by atoms with van der Waals surface area (Å²) in [5.41, 5.74) is 3.09. The van der Waals surface area contributed by atoms with E-state index in [9.17, 15) is 4.39 Å². The molecule has 0 radical (unpaired) electrons. The van der Waals surface area contributed by atoms with E-state index in [2.05, 4.69) is 30.5 Å². The zero-order chi connectivity index (χ0) is 15.8. The molecule has 1 aromatic carbocycles. The summed E-state index contributed by atoms with van der Waals surface area (Å²) in [6, 6.07) is 7.83. The average Bonchev–Trinajstić information content (AvgIpc) is 3.16. The van der Waals surface area contributed by atoms with E-state index >= 15 is 0 Å². The quantitative estimate of drug-likeness (QED) is 0.603. The van der Waals surface area contributed by atoms with Gasteiger partial charge < -0.3 is 9.40 Å². The number of imidazole rings is 1. The Kier molecular flexibility index (Phi) is 3.00. The summed E-state index contributed by atoms with van der Waals surface area (Å²) in [6.45, 7) is 1.88. The highest BCUT2D eigenvalue weighted by Gasteiger charge is 2.11. The van der Waals surface area contributed by atoms with Crippen molar-refractivity contribution in [3.05, 3.63) is 48.0 Å². The van der Waals surface area contributed by atoms with E-state index < -0.39 is 0 Å². The predicted octanol–water partition coefficient (Wildman–Crippen LogP) is 3.20. The Morgan fingerprint density at radius 3 is 2.74 bits per heavy atom. The van der Waals surface area contributed by atoms with Crippen LogP contribution in [0.4, 0.5) is 16.4 Å². The number of fused-ring (bicyclic) bond motifs is 1. The third-order valence-electron chi connectivity index (χ3n) is 3.33. The Bertz CT molecular complexity index is 975. The lowest BCUT2D eigenvalue weighted by Gasteiger charge is -1.95. The molecule has 0 aliphatic rings. The van der Waals surface area contributed by atoms with Gasteiger partial charge in [-0.25, -0.2) is 9.37 Å². The van der Waals surface area contributed by atoms with Crippen molar-refractivity contribution >= 4 is 23.0 Å². The molecule has 0 saturated heterocycles. The van der Waals surface area contributed by atoms with Crippen LogP contribution in [-0.2, 0) is 0 Å². The van der Waals surface area contributed by atoms with Crippen LogP contribution in [-0.4, -0.2) is 25.1 Å². The number of nitrogens with zero attached hydrogens (tertiary/aromatic N) is 4. The smallest absolute Gasteiger partial charge is 0.322 e. The molecule has 0 amide bonds. The van der Waals surface area contributed by atoms with E-state index in [-0.39, 0.29) is 11.8 Å². The molecule has 23 heavy (non-hydrogen) atoms.